The molecule has 1 fully saturated rings. The number of likely N-dealkylation sites (N-methyl/N-ethyl adjacent to an activating group) is 2. The van der Waals surface area contributed by atoms with E-state index >= 15 is 4.79 Å². The number of piperazine rings is 1. The maximum absolute atomic E-state index is 15.3. The largest absolute Gasteiger partial charge is 0.497 e. The molecule has 2 aliphatic heterocycles. The van der Waals surface area contributed by atoms with Crippen LogP contribution in [0.1, 0.15) is 23.6 Å². The third-order valence-corrected chi connectivity index (χ3v) is 10.6. The van der Waals surface area contributed by atoms with E-state index in [1.807, 2.05) is 25.1 Å². The van der Waals surface area contributed by atoms with Crippen molar-refractivity contribution in [2.45, 2.75) is 23.9 Å². The molecule has 0 aliphatic carbocycles. The summed E-state index contributed by atoms with van der Waals surface area (Å²) in [5, 5.41) is 0.329. The van der Waals surface area contributed by atoms with Crippen LogP contribution in [0.15, 0.2) is 82.4 Å². The number of rotatable bonds is 10. The normalized spacial score (nSPS) is 18.9. The maximum atomic E-state index is 15.3. The molecule has 0 radical (unpaired) electrons. The average molecular weight is 666 g/mol. The highest BCUT2D eigenvalue weighted by Gasteiger charge is 2.61. The second-order valence-electron chi connectivity index (χ2n) is 11.3. The first-order chi connectivity index (χ1) is 22.1. The first-order valence-corrected chi connectivity index (χ1v) is 16.8. The summed E-state index contributed by atoms with van der Waals surface area (Å²) in [6.45, 7) is 6.39. The number of hydrogen-bond acceptors (Lipinski definition) is 10. The molecule has 1 saturated heterocycles. The van der Waals surface area contributed by atoms with Crippen molar-refractivity contribution in [2.24, 2.45) is 0 Å². The van der Waals surface area contributed by atoms with Crippen molar-refractivity contribution >= 4 is 39.2 Å². The third kappa shape index (κ3) is 5.28. The topological polar surface area (TPSA) is 109 Å². The van der Waals surface area contributed by atoms with Crippen LogP contribution in [0.2, 0.25) is 5.02 Å². The van der Waals surface area contributed by atoms with Crippen molar-refractivity contribution in [1.82, 2.24) is 14.8 Å². The van der Waals surface area contributed by atoms with Gasteiger partial charge in [-0.1, -0.05) is 17.7 Å². The molecule has 0 N–H and O–H groups in total. The van der Waals surface area contributed by atoms with E-state index in [4.69, 9.17) is 25.5 Å². The lowest BCUT2D eigenvalue weighted by atomic mass is 9.80. The van der Waals surface area contributed by atoms with E-state index in [-0.39, 0.29) is 23.1 Å². The van der Waals surface area contributed by atoms with Crippen LogP contribution in [0.3, 0.4) is 0 Å². The van der Waals surface area contributed by atoms with Crippen LogP contribution >= 0.6 is 11.6 Å². The van der Waals surface area contributed by atoms with Crippen LogP contribution in [-0.2, 0) is 26.9 Å². The molecule has 3 aromatic carbocycles. The molecule has 1 atom stereocenters. The molecule has 2 aliphatic rings. The standard InChI is InChI=1S/C33H36ClN5O6S/c1-5-38(32-35-14-19-45-32)33(28-20-23(6-13-30(28)44-4)22-37-17-15-36(2)16-18-37)27-21-24(34)7-12-29(27)39(31(33)40)46(41,42)26-10-8-25(43-3)9-11-26/h6-14,19-21H,5,15-18,22H2,1-4H3. The van der Waals surface area contributed by atoms with Gasteiger partial charge in [-0.05, 0) is 74.1 Å². The minimum atomic E-state index is -4.43. The first-order valence-electron chi connectivity index (χ1n) is 14.9. The molecule has 46 heavy (non-hydrogen) atoms. The Morgan fingerprint density at radius 3 is 2.35 bits per heavy atom. The van der Waals surface area contributed by atoms with Gasteiger partial charge in [0.15, 0.2) is 5.54 Å². The number of oxazole rings is 1. The Hall–Kier alpha value is -4.10. The van der Waals surface area contributed by atoms with Crippen LogP contribution in [-0.4, -0.2) is 83.1 Å². The predicted molar refractivity (Wildman–Crippen MR) is 175 cm³/mol. The number of hydrogen-bond donors (Lipinski definition) is 0. The van der Waals surface area contributed by atoms with Gasteiger partial charge in [0, 0.05) is 55.4 Å². The fourth-order valence-corrected chi connectivity index (χ4v) is 8.00. The second kappa shape index (κ2) is 12.6. The first kappa shape index (κ1) is 31.9. The lowest BCUT2D eigenvalue weighted by molar-refractivity contribution is -0.120. The monoisotopic (exact) mass is 665 g/mol. The summed E-state index contributed by atoms with van der Waals surface area (Å²) in [5.74, 6) is 0.141. The Morgan fingerprint density at radius 1 is 0.978 bits per heavy atom. The fraction of sp³-hybridized carbons (Fsp3) is 0.333. The Balaban J connectivity index is 1.61. The highest BCUT2D eigenvalue weighted by molar-refractivity contribution is 7.93. The molecule has 1 amide bonds. The Bertz CT molecular complexity index is 1830. The minimum absolute atomic E-state index is 0.0756. The van der Waals surface area contributed by atoms with Crippen LogP contribution in [0.25, 0.3) is 0 Å². The average Bonchev–Trinajstić information content (AvgIpc) is 3.68. The summed E-state index contributed by atoms with van der Waals surface area (Å²) >= 11 is 6.62. The van der Waals surface area contributed by atoms with Gasteiger partial charge in [0.05, 0.1) is 31.0 Å². The number of benzene rings is 3. The third-order valence-electron chi connectivity index (χ3n) is 8.69. The Morgan fingerprint density at radius 2 is 1.72 bits per heavy atom. The van der Waals surface area contributed by atoms with Crippen molar-refractivity contribution < 1.29 is 27.1 Å². The number of carbonyl (C=O) groups excluding carboxylic acids is 1. The van der Waals surface area contributed by atoms with Crippen LogP contribution in [0.5, 0.6) is 11.5 Å². The van der Waals surface area contributed by atoms with E-state index in [1.165, 1.54) is 38.8 Å². The van der Waals surface area contributed by atoms with Crippen molar-refractivity contribution in [3.05, 3.63) is 94.8 Å². The van der Waals surface area contributed by atoms with E-state index in [0.29, 0.717) is 34.2 Å². The van der Waals surface area contributed by atoms with E-state index in [1.54, 1.807) is 35.2 Å². The van der Waals surface area contributed by atoms with Gasteiger partial charge in [0.1, 0.15) is 17.8 Å². The van der Waals surface area contributed by atoms with Gasteiger partial charge in [-0.25, -0.2) is 13.4 Å². The maximum Gasteiger partial charge on any atom is 0.298 e. The number of aromatic nitrogens is 1. The molecule has 3 heterocycles. The summed E-state index contributed by atoms with van der Waals surface area (Å²) in [6, 6.07) is 16.5. The van der Waals surface area contributed by atoms with Gasteiger partial charge in [-0.15, -0.1) is 0 Å². The molecule has 1 aromatic heterocycles. The van der Waals surface area contributed by atoms with E-state index in [0.717, 1.165) is 36.0 Å². The molecule has 11 nitrogen and oxygen atoms in total. The molecule has 1 unspecified atom stereocenters. The highest BCUT2D eigenvalue weighted by atomic mass is 35.5. The van der Waals surface area contributed by atoms with Crippen molar-refractivity contribution in [3.8, 4) is 11.5 Å². The number of amides is 1. The highest BCUT2D eigenvalue weighted by Crippen LogP contribution is 2.54. The number of fused-ring (bicyclic) bond motifs is 1. The Labute approximate surface area is 273 Å². The summed E-state index contributed by atoms with van der Waals surface area (Å²) in [7, 11) is 0.694. The molecule has 6 rings (SSSR count). The molecule has 0 bridgehead atoms. The van der Waals surface area contributed by atoms with Crippen LogP contribution in [0.4, 0.5) is 11.7 Å². The lowest BCUT2D eigenvalue weighted by Gasteiger charge is -2.40. The number of halogens is 1. The molecular weight excluding hydrogens is 630 g/mol. The number of methoxy groups -OCH3 is 2. The number of carbonyl (C=O) groups is 1. The van der Waals surface area contributed by atoms with E-state index in [9.17, 15) is 8.42 Å². The molecule has 4 aromatic rings. The number of ether oxygens (including phenoxy) is 2. The van der Waals surface area contributed by atoms with Crippen molar-refractivity contribution in [3.63, 3.8) is 0 Å². The van der Waals surface area contributed by atoms with Gasteiger partial charge < -0.3 is 23.7 Å². The van der Waals surface area contributed by atoms with Gasteiger partial charge in [0.25, 0.3) is 21.9 Å². The second-order valence-corrected chi connectivity index (χ2v) is 13.5. The van der Waals surface area contributed by atoms with Crippen molar-refractivity contribution in [1.29, 1.82) is 0 Å². The molecule has 0 saturated carbocycles. The van der Waals surface area contributed by atoms with Gasteiger partial charge >= 0.3 is 0 Å². The predicted octanol–water partition coefficient (Wildman–Crippen LogP) is 4.60. The van der Waals surface area contributed by atoms with E-state index < -0.39 is 21.5 Å². The van der Waals surface area contributed by atoms with Crippen LogP contribution < -0.4 is 18.7 Å². The molecule has 242 valence electrons. The van der Waals surface area contributed by atoms with Crippen molar-refractivity contribution in [2.75, 3.05) is 63.2 Å². The van der Waals surface area contributed by atoms with Gasteiger partial charge in [-0.3, -0.25) is 9.69 Å². The Kier molecular flexibility index (Phi) is 8.73. The summed E-state index contributed by atoms with van der Waals surface area (Å²) in [5.41, 5.74) is 0.126. The minimum Gasteiger partial charge on any atom is -0.497 e. The molecular formula is C33H36ClN5O6S. The molecule has 0 spiro atoms. The number of sulfonamides is 1. The number of anilines is 2. The zero-order chi connectivity index (χ0) is 32.6. The van der Waals surface area contributed by atoms with Crippen LogP contribution in [0, 0.1) is 0 Å². The zero-order valence-electron chi connectivity index (χ0n) is 26.1. The smallest absolute Gasteiger partial charge is 0.298 e. The molecule has 13 heteroatoms. The zero-order valence-corrected chi connectivity index (χ0v) is 27.7. The summed E-state index contributed by atoms with van der Waals surface area (Å²) in [4.78, 5) is 26.0. The lowest BCUT2D eigenvalue weighted by Crippen LogP contribution is -2.55. The number of nitrogens with zero attached hydrogens (tertiary/aromatic N) is 5. The van der Waals surface area contributed by atoms with Gasteiger partial charge in [-0.2, -0.15) is 4.31 Å². The SMILES string of the molecule is CCN(c1ncco1)C1(c2cc(CN3CCN(C)CC3)ccc2OC)C(=O)N(S(=O)(=O)c2ccc(OC)cc2)c2ccc(Cl)cc21. The van der Waals surface area contributed by atoms with E-state index in [2.05, 4.69) is 21.8 Å². The summed E-state index contributed by atoms with van der Waals surface area (Å²) < 4.78 is 46.7. The quantitative estimate of drug-likeness (QED) is 0.239. The fourth-order valence-electron chi connectivity index (χ4n) is 6.37. The van der Waals surface area contributed by atoms with Gasteiger partial charge in [0.2, 0.25) is 0 Å². The summed E-state index contributed by atoms with van der Waals surface area (Å²) in [6.07, 6.45) is 2.90.